The maximum Gasteiger partial charge on any atom is 0.247 e. The maximum absolute atomic E-state index is 13.6. The van der Waals surface area contributed by atoms with Crippen LogP contribution >= 0.6 is 0 Å². The third kappa shape index (κ3) is 6.79. The molecule has 1 fully saturated rings. The van der Waals surface area contributed by atoms with Gasteiger partial charge in [-0.3, -0.25) is 9.59 Å². The van der Waals surface area contributed by atoms with Crippen molar-refractivity contribution >= 4 is 28.5 Å². The van der Waals surface area contributed by atoms with Gasteiger partial charge in [0.1, 0.15) is 29.2 Å². The normalized spacial score (nSPS) is 16.3. The van der Waals surface area contributed by atoms with Crippen LogP contribution in [0.1, 0.15) is 17.8 Å². The minimum atomic E-state index is -0.594. The van der Waals surface area contributed by atoms with Crippen molar-refractivity contribution in [3.63, 3.8) is 0 Å². The average Bonchev–Trinajstić information content (AvgIpc) is 3.61. The number of anilines is 1. The van der Waals surface area contributed by atoms with Gasteiger partial charge in [0.05, 0.1) is 24.1 Å². The van der Waals surface area contributed by atoms with E-state index in [0.717, 1.165) is 23.3 Å². The molecule has 4 aromatic carbocycles. The monoisotopic (exact) mass is 591 g/mol. The van der Waals surface area contributed by atoms with Gasteiger partial charge in [-0.05, 0) is 85.0 Å². The van der Waals surface area contributed by atoms with Crippen molar-refractivity contribution in [2.75, 3.05) is 18.4 Å². The highest BCUT2D eigenvalue weighted by Crippen LogP contribution is 2.29. The minimum absolute atomic E-state index is 0.0977. The van der Waals surface area contributed by atoms with Crippen LogP contribution in [0, 0.1) is 11.7 Å². The van der Waals surface area contributed by atoms with Crippen LogP contribution in [-0.4, -0.2) is 45.4 Å². The number of carbonyl (C=O) groups is 2. The summed E-state index contributed by atoms with van der Waals surface area (Å²) in [6.07, 6.45) is 1.36. The molecular weight excluding hydrogens is 557 g/mol. The van der Waals surface area contributed by atoms with Crippen molar-refractivity contribution in [2.45, 2.75) is 25.4 Å². The Morgan fingerprint density at radius 3 is 2.32 bits per heavy atom. The van der Waals surface area contributed by atoms with Gasteiger partial charge >= 0.3 is 0 Å². The molecule has 44 heavy (non-hydrogen) atoms. The van der Waals surface area contributed by atoms with Crippen molar-refractivity contribution in [1.29, 1.82) is 0 Å². The lowest BCUT2D eigenvalue weighted by Crippen LogP contribution is -2.46. The van der Waals surface area contributed by atoms with E-state index in [1.54, 1.807) is 41.3 Å². The van der Waals surface area contributed by atoms with E-state index in [-0.39, 0.29) is 30.1 Å². The highest BCUT2D eigenvalue weighted by Gasteiger charge is 2.39. The number of aromatic nitrogens is 2. The summed E-state index contributed by atoms with van der Waals surface area (Å²) in [5.41, 5.74) is 3.72. The van der Waals surface area contributed by atoms with Gasteiger partial charge in [0.25, 0.3) is 0 Å². The predicted molar refractivity (Wildman–Crippen MR) is 168 cm³/mol. The van der Waals surface area contributed by atoms with Crippen LogP contribution < -0.4 is 15.4 Å². The van der Waals surface area contributed by atoms with E-state index in [2.05, 4.69) is 27.8 Å². The molecule has 0 aliphatic carbocycles. The molecule has 1 aromatic heterocycles. The van der Waals surface area contributed by atoms with Crippen molar-refractivity contribution in [3.8, 4) is 11.5 Å². The van der Waals surface area contributed by atoms with Crippen LogP contribution in [0.3, 0.4) is 0 Å². The van der Waals surface area contributed by atoms with E-state index in [0.29, 0.717) is 36.7 Å². The van der Waals surface area contributed by atoms with Crippen LogP contribution in [0.15, 0.2) is 103 Å². The Morgan fingerprint density at radius 1 is 0.909 bits per heavy atom. The fourth-order valence-corrected chi connectivity index (χ4v) is 5.75. The topological polar surface area (TPSA) is 88.5 Å². The first-order valence-electron chi connectivity index (χ1n) is 14.7. The smallest absolute Gasteiger partial charge is 0.247 e. The Kier molecular flexibility index (Phi) is 8.65. The highest BCUT2D eigenvalue weighted by molar-refractivity contribution is 5.97. The van der Waals surface area contributed by atoms with Gasteiger partial charge in [-0.2, -0.15) is 0 Å². The van der Waals surface area contributed by atoms with E-state index in [1.165, 1.54) is 17.7 Å². The largest absolute Gasteiger partial charge is 0.457 e. The number of para-hydroxylation sites is 2. The number of hydrogen-bond donors (Lipinski definition) is 2. The van der Waals surface area contributed by atoms with Crippen LogP contribution in [-0.2, 0) is 29.6 Å². The molecule has 6 rings (SSSR count). The molecule has 2 atom stereocenters. The third-order valence-corrected chi connectivity index (χ3v) is 7.99. The van der Waals surface area contributed by atoms with Crippen molar-refractivity contribution < 1.29 is 18.7 Å². The molecule has 1 aliphatic heterocycles. The zero-order valence-electron chi connectivity index (χ0n) is 24.4. The van der Waals surface area contributed by atoms with Crippen LogP contribution in [0.2, 0.25) is 0 Å². The summed E-state index contributed by atoms with van der Waals surface area (Å²) >= 11 is 0. The molecule has 9 heteroatoms. The fourth-order valence-electron chi connectivity index (χ4n) is 5.75. The second kappa shape index (κ2) is 13.1. The summed E-state index contributed by atoms with van der Waals surface area (Å²) in [5.74, 6) is 1.38. The van der Waals surface area contributed by atoms with E-state index in [9.17, 15) is 14.0 Å². The molecule has 0 radical (unpaired) electrons. The van der Waals surface area contributed by atoms with E-state index in [1.807, 2.05) is 54.1 Å². The molecule has 2 amide bonds. The lowest BCUT2D eigenvalue weighted by molar-refractivity contribution is -0.135. The molecular formula is C35H34FN5O3. The quantitative estimate of drug-likeness (QED) is 0.218. The number of nitrogens with zero attached hydrogens (tertiary/aromatic N) is 3. The number of ether oxygens (including phenoxy) is 1. The molecule has 224 valence electrons. The van der Waals surface area contributed by atoms with Gasteiger partial charge in [0.15, 0.2) is 0 Å². The number of carbonyl (C=O) groups excluding carboxylic acids is 2. The summed E-state index contributed by atoms with van der Waals surface area (Å²) in [6.45, 7) is 1.03. The first-order valence-corrected chi connectivity index (χ1v) is 14.7. The van der Waals surface area contributed by atoms with Crippen LogP contribution in [0.25, 0.3) is 11.0 Å². The van der Waals surface area contributed by atoms with Crippen molar-refractivity contribution in [2.24, 2.45) is 13.0 Å². The summed E-state index contributed by atoms with van der Waals surface area (Å²) in [5, 5.41) is 6.23. The Bertz CT molecular complexity index is 1740. The zero-order chi connectivity index (χ0) is 30.5. The van der Waals surface area contributed by atoms with Crippen LogP contribution in [0.5, 0.6) is 11.5 Å². The molecule has 8 nitrogen and oxygen atoms in total. The lowest BCUT2D eigenvalue weighted by atomic mass is 9.96. The molecule has 5 aromatic rings. The van der Waals surface area contributed by atoms with E-state index in [4.69, 9.17) is 4.74 Å². The summed E-state index contributed by atoms with van der Waals surface area (Å²) < 4.78 is 21.0. The number of nitrogens with one attached hydrogen (secondary N) is 2. The molecule has 0 spiro atoms. The minimum Gasteiger partial charge on any atom is -0.457 e. The number of aryl methyl sites for hydroxylation is 1. The fraction of sp³-hybridized carbons (Fsp3) is 0.229. The molecule has 0 bridgehead atoms. The Hall–Kier alpha value is -5.02. The second-order valence-electron chi connectivity index (χ2n) is 11.1. The van der Waals surface area contributed by atoms with Gasteiger partial charge in [-0.15, -0.1) is 0 Å². The summed E-state index contributed by atoms with van der Waals surface area (Å²) in [7, 11) is 1.96. The van der Waals surface area contributed by atoms with Gasteiger partial charge in [-0.1, -0.05) is 42.5 Å². The number of imidazole rings is 1. The number of fused-ring (bicyclic) bond motifs is 1. The number of halogens is 1. The molecule has 0 unspecified atom stereocenters. The lowest BCUT2D eigenvalue weighted by Gasteiger charge is -2.24. The highest BCUT2D eigenvalue weighted by atomic mass is 19.1. The number of amides is 2. The van der Waals surface area contributed by atoms with Crippen molar-refractivity contribution in [3.05, 3.63) is 120 Å². The second-order valence-corrected chi connectivity index (χ2v) is 11.1. The van der Waals surface area contributed by atoms with Crippen LogP contribution in [0.4, 0.5) is 10.1 Å². The molecule has 2 heterocycles. The first-order chi connectivity index (χ1) is 21.4. The molecule has 1 aliphatic rings. The number of benzene rings is 4. The Balaban J connectivity index is 1.11. The Morgan fingerprint density at radius 2 is 1.59 bits per heavy atom. The van der Waals surface area contributed by atoms with E-state index < -0.39 is 6.04 Å². The zero-order valence-corrected chi connectivity index (χ0v) is 24.4. The number of hydrogen-bond acceptors (Lipinski definition) is 5. The summed E-state index contributed by atoms with van der Waals surface area (Å²) in [6, 6.07) is 30.2. The Labute approximate surface area is 255 Å². The van der Waals surface area contributed by atoms with Gasteiger partial charge in [0.2, 0.25) is 11.8 Å². The number of likely N-dealkylation sites (tertiary alicyclic amines) is 1. The van der Waals surface area contributed by atoms with Gasteiger partial charge in [0, 0.05) is 19.3 Å². The van der Waals surface area contributed by atoms with Gasteiger partial charge < -0.3 is 24.8 Å². The summed E-state index contributed by atoms with van der Waals surface area (Å²) in [4.78, 5) is 33.5. The maximum atomic E-state index is 13.6. The number of rotatable bonds is 10. The molecule has 2 N–H and O–H groups in total. The standard InChI is InChI=1S/C35H34FN5O3/c1-40-31-10-6-5-9-30(31)39-33(40)21-37-22-34(42)41-23-25(19-24-7-3-2-4-8-24)20-32(41)35(43)38-27-13-17-29(18-14-27)44-28-15-11-26(36)12-16-28/h2-18,25,32,37H,19-23H2,1H3,(H,38,43)/t25-,32+/m1/s1. The van der Waals surface area contributed by atoms with Crippen molar-refractivity contribution in [1.82, 2.24) is 19.8 Å². The molecule has 1 saturated heterocycles. The van der Waals surface area contributed by atoms with Gasteiger partial charge in [-0.25, -0.2) is 9.37 Å². The molecule has 0 saturated carbocycles. The predicted octanol–water partition coefficient (Wildman–Crippen LogP) is 5.69. The third-order valence-electron chi connectivity index (χ3n) is 7.99. The first kappa shape index (κ1) is 29.1. The average molecular weight is 592 g/mol. The van der Waals surface area contributed by atoms with E-state index >= 15 is 0 Å². The SMILES string of the molecule is Cn1c(CNCC(=O)N2C[C@H](Cc3ccccc3)C[C@H]2C(=O)Nc2ccc(Oc3ccc(F)cc3)cc2)nc2ccccc21.